The van der Waals surface area contributed by atoms with Crippen molar-refractivity contribution in [2.24, 2.45) is 11.8 Å². The minimum Gasteiger partial charge on any atom is -0.493 e. The van der Waals surface area contributed by atoms with E-state index in [-0.39, 0.29) is 5.91 Å². The summed E-state index contributed by atoms with van der Waals surface area (Å²) in [7, 11) is 0. The molecule has 0 aromatic heterocycles. The lowest BCUT2D eigenvalue weighted by Gasteiger charge is -2.13. The van der Waals surface area contributed by atoms with E-state index in [1.54, 1.807) is 6.07 Å². The number of amides is 1. The van der Waals surface area contributed by atoms with E-state index in [4.69, 9.17) is 9.47 Å². The molecule has 0 bridgehead atoms. The van der Waals surface area contributed by atoms with Gasteiger partial charge in [0.1, 0.15) is 11.5 Å². The summed E-state index contributed by atoms with van der Waals surface area (Å²) in [5, 5.41) is 2.92. The molecule has 0 spiro atoms. The summed E-state index contributed by atoms with van der Waals surface area (Å²) in [5.41, 5.74) is 1.26. The van der Waals surface area contributed by atoms with Gasteiger partial charge in [-0.2, -0.15) is 0 Å². The molecular weight excluding hydrogens is 326 g/mol. The van der Waals surface area contributed by atoms with Crippen molar-refractivity contribution >= 4 is 11.6 Å². The summed E-state index contributed by atoms with van der Waals surface area (Å²) >= 11 is 0. The number of ether oxygens (including phenoxy) is 2. The highest BCUT2D eigenvalue weighted by Crippen LogP contribution is 2.22. The summed E-state index contributed by atoms with van der Waals surface area (Å²) in [5.74, 6) is 2.27. The van der Waals surface area contributed by atoms with Gasteiger partial charge in [-0.25, -0.2) is 0 Å². The molecule has 2 rings (SSSR count). The number of nitrogens with one attached hydrogen (secondary N) is 1. The van der Waals surface area contributed by atoms with Crippen molar-refractivity contribution in [2.45, 2.75) is 34.1 Å². The smallest absolute Gasteiger partial charge is 0.259 e. The molecule has 0 saturated carbocycles. The Morgan fingerprint density at radius 3 is 2.27 bits per heavy atom. The fourth-order valence-corrected chi connectivity index (χ4v) is 2.28. The highest BCUT2D eigenvalue weighted by atomic mass is 16.5. The Morgan fingerprint density at radius 2 is 1.62 bits per heavy atom. The van der Waals surface area contributed by atoms with Crippen molar-refractivity contribution in [3.63, 3.8) is 0 Å². The molecule has 4 nitrogen and oxygen atoms in total. The van der Waals surface area contributed by atoms with Gasteiger partial charge in [-0.1, -0.05) is 39.8 Å². The first-order valence-electron chi connectivity index (χ1n) is 9.21. The number of benzene rings is 2. The predicted molar refractivity (Wildman–Crippen MR) is 106 cm³/mol. The lowest BCUT2D eigenvalue weighted by Crippen LogP contribution is -2.14. The third-order valence-electron chi connectivity index (χ3n) is 3.78. The van der Waals surface area contributed by atoms with E-state index in [2.05, 4.69) is 33.0 Å². The number of hydrogen-bond acceptors (Lipinski definition) is 3. The Kier molecular flexibility index (Phi) is 7.52. The van der Waals surface area contributed by atoms with Gasteiger partial charge >= 0.3 is 0 Å². The van der Waals surface area contributed by atoms with Crippen molar-refractivity contribution in [3.05, 3.63) is 54.1 Å². The zero-order valence-corrected chi connectivity index (χ0v) is 16.1. The Labute approximate surface area is 156 Å². The third kappa shape index (κ3) is 6.43. The first-order valence-corrected chi connectivity index (χ1v) is 9.21. The van der Waals surface area contributed by atoms with Gasteiger partial charge in [0.15, 0.2) is 0 Å². The molecule has 0 fully saturated rings. The second kappa shape index (κ2) is 9.85. The van der Waals surface area contributed by atoms with E-state index in [1.807, 2.05) is 42.5 Å². The number of carbonyl (C=O) groups is 1. The van der Waals surface area contributed by atoms with Crippen molar-refractivity contribution in [1.29, 1.82) is 0 Å². The first-order chi connectivity index (χ1) is 12.5. The Balaban J connectivity index is 1.99. The highest BCUT2D eigenvalue weighted by molar-refractivity contribution is 6.06. The van der Waals surface area contributed by atoms with Crippen LogP contribution in [0.15, 0.2) is 48.5 Å². The van der Waals surface area contributed by atoms with Crippen LogP contribution in [0.25, 0.3) is 0 Å². The summed E-state index contributed by atoms with van der Waals surface area (Å²) < 4.78 is 11.5. The SMILES string of the molecule is CC(C)CCOc1ccccc1C(=O)Nc1ccc(OCC(C)C)cc1. The van der Waals surface area contributed by atoms with Gasteiger partial charge in [0.05, 0.1) is 18.8 Å². The molecule has 0 atom stereocenters. The quantitative estimate of drug-likeness (QED) is 0.655. The molecule has 1 amide bonds. The predicted octanol–water partition coefficient (Wildman–Crippen LogP) is 5.40. The zero-order chi connectivity index (χ0) is 18.9. The van der Waals surface area contributed by atoms with Crippen LogP contribution in [-0.2, 0) is 0 Å². The maximum Gasteiger partial charge on any atom is 0.259 e. The van der Waals surface area contributed by atoms with Crippen LogP contribution in [0.2, 0.25) is 0 Å². The lowest BCUT2D eigenvalue weighted by atomic mass is 10.1. The lowest BCUT2D eigenvalue weighted by molar-refractivity contribution is 0.102. The number of hydrogen-bond donors (Lipinski definition) is 1. The van der Waals surface area contributed by atoms with Gasteiger partial charge < -0.3 is 14.8 Å². The third-order valence-corrected chi connectivity index (χ3v) is 3.78. The highest BCUT2D eigenvalue weighted by Gasteiger charge is 2.12. The van der Waals surface area contributed by atoms with Gasteiger partial charge in [-0.3, -0.25) is 4.79 Å². The van der Waals surface area contributed by atoms with Gasteiger partial charge in [0.2, 0.25) is 0 Å². The van der Waals surface area contributed by atoms with E-state index >= 15 is 0 Å². The summed E-state index contributed by atoms with van der Waals surface area (Å²) in [6, 6.07) is 14.7. The van der Waals surface area contributed by atoms with Crippen LogP contribution in [0, 0.1) is 11.8 Å². The molecule has 1 N–H and O–H groups in total. The monoisotopic (exact) mass is 355 g/mol. The molecule has 2 aromatic carbocycles. The molecule has 4 heteroatoms. The second-order valence-corrected chi connectivity index (χ2v) is 7.21. The van der Waals surface area contributed by atoms with Crippen LogP contribution in [0.5, 0.6) is 11.5 Å². The molecule has 0 unspecified atom stereocenters. The number of carbonyl (C=O) groups excluding carboxylic acids is 1. The molecule has 0 heterocycles. The fraction of sp³-hybridized carbons (Fsp3) is 0.409. The van der Waals surface area contributed by atoms with Crippen LogP contribution >= 0.6 is 0 Å². The molecule has 0 radical (unpaired) electrons. The normalized spacial score (nSPS) is 10.8. The average Bonchev–Trinajstić information content (AvgIpc) is 2.61. The van der Waals surface area contributed by atoms with E-state index in [0.717, 1.165) is 17.9 Å². The van der Waals surface area contributed by atoms with Crippen molar-refractivity contribution in [1.82, 2.24) is 0 Å². The molecule has 0 aliphatic carbocycles. The number of anilines is 1. The number of para-hydroxylation sites is 1. The van der Waals surface area contributed by atoms with Crippen molar-refractivity contribution < 1.29 is 14.3 Å². The molecule has 0 saturated heterocycles. The van der Waals surface area contributed by atoms with E-state index in [1.165, 1.54) is 0 Å². The number of rotatable bonds is 9. The van der Waals surface area contributed by atoms with E-state index in [9.17, 15) is 4.79 Å². The Hall–Kier alpha value is -2.49. The van der Waals surface area contributed by atoms with Crippen molar-refractivity contribution in [2.75, 3.05) is 18.5 Å². The van der Waals surface area contributed by atoms with Gasteiger partial charge in [-0.15, -0.1) is 0 Å². The standard InChI is InChI=1S/C22H29NO3/c1-16(2)13-14-25-21-8-6-5-7-20(21)22(24)23-18-9-11-19(12-10-18)26-15-17(3)4/h5-12,16-17H,13-15H2,1-4H3,(H,23,24). The maximum atomic E-state index is 12.6. The minimum atomic E-state index is -0.180. The summed E-state index contributed by atoms with van der Waals surface area (Å²) in [6.45, 7) is 9.79. The molecule has 140 valence electrons. The minimum absolute atomic E-state index is 0.180. The van der Waals surface area contributed by atoms with Crippen LogP contribution in [0.1, 0.15) is 44.5 Å². The Bertz CT molecular complexity index is 693. The summed E-state index contributed by atoms with van der Waals surface area (Å²) in [4.78, 5) is 12.6. The average molecular weight is 355 g/mol. The van der Waals surface area contributed by atoms with E-state index in [0.29, 0.717) is 36.4 Å². The largest absolute Gasteiger partial charge is 0.493 e. The Morgan fingerprint density at radius 1 is 0.923 bits per heavy atom. The second-order valence-electron chi connectivity index (χ2n) is 7.21. The van der Waals surface area contributed by atoms with Crippen LogP contribution in [0.4, 0.5) is 5.69 Å². The van der Waals surface area contributed by atoms with Crippen LogP contribution in [-0.4, -0.2) is 19.1 Å². The maximum absolute atomic E-state index is 12.6. The summed E-state index contributed by atoms with van der Waals surface area (Å²) in [6.07, 6.45) is 0.952. The first kappa shape index (κ1) is 19.8. The van der Waals surface area contributed by atoms with Crippen LogP contribution < -0.4 is 14.8 Å². The topological polar surface area (TPSA) is 47.6 Å². The van der Waals surface area contributed by atoms with Crippen LogP contribution in [0.3, 0.4) is 0 Å². The molecule has 2 aromatic rings. The molecule has 0 aliphatic rings. The van der Waals surface area contributed by atoms with Gasteiger partial charge in [-0.05, 0) is 54.7 Å². The molecule has 26 heavy (non-hydrogen) atoms. The zero-order valence-electron chi connectivity index (χ0n) is 16.1. The van der Waals surface area contributed by atoms with Crippen molar-refractivity contribution in [3.8, 4) is 11.5 Å². The fourth-order valence-electron chi connectivity index (χ4n) is 2.28. The van der Waals surface area contributed by atoms with Gasteiger partial charge in [0, 0.05) is 5.69 Å². The molecule has 0 aliphatic heterocycles. The molecular formula is C22H29NO3. The van der Waals surface area contributed by atoms with E-state index < -0.39 is 0 Å². The van der Waals surface area contributed by atoms with Gasteiger partial charge in [0.25, 0.3) is 5.91 Å².